The van der Waals surface area contributed by atoms with E-state index in [0.717, 1.165) is 32.6 Å². The summed E-state index contributed by atoms with van der Waals surface area (Å²) in [5, 5.41) is 27.0. The summed E-state index contributed by atoms with van der Waals surface area (Å²) >= 11 is 1.19. The molecule has 350 valence electrons. The molecule has 5 amide bonds. The number of benzene rings is 3. The molecule has 2 aliphatic heterocycles. The minimum atomic E-state index is -1.51. The number of carbonyl (C=O) groups is 10. The lowest BCUT2D eigenvalue weighted by atomic mass is 9.95. The number of phenols is 1. The molecule has 3 aromatic rings. The largest absolute Gasteiger partial charge is 0.508 e. The van der Waals surface area contributed by atoms with Gasteiger partial charge < -0.3 is 54.9 Å². The van der Waals surface area contributed by atoms with E-state index in [2.05, 4.69) is 16.0 Å². The van der Waals surface area contributed by atoms with Gasteiger partial charge in [0.1, 0.15) is 29.2 Å². The quantitative estimate of drug-likeness (QED) is 0.0529. The van der Waals surface area contributed by atoms with Gasteiger partial charge in [0.25, 0.3) is 11.8 Å². The van der Waals surface area contributed by atoms with Crippen molar-refractivity contribution in [3.63, 3.8) is 0 Å². The number of esters is 4. The number of nitrogens with zero attached hydrogens (tertiary/aromatic N) is 2. The molecule has 0 aromatic heterocycles. The summed E-state index contributed by atoms with van der Waals surface area (Å²) in [5.41, 5.74) is -0.238. The van der Waals surface area contributed by atoms with E-state index in [0.29, 0.717) is 0 Å². The standard InChI is InChI=1S/C44H47N5O16S/c1-22(50)62-30-13-9-11-28(35(30)64-24(3)52)38(56)45-19-7-8-20-48(40(58)29-12-10-14-31(63-23(2)51)36(29)65-25(4)53)21-32(55)46-33(26-15-17-27(54)18-16-26)39(57)47-34-41(59)49-37(43(60)61)44(5,6)66-42(34)49/h9-18,33-34,37,42,54H,7-8,19-21H2,1-6H3,(H,45,56)(H,46,55)(H,47,57)(H,60,61)/t33-,34-,37+,42-/m1/s1. The van der Waals surface area contributed by atoms with E-state index < -0.39 is 99.9 Å². The third kappa shape index (κ3) is 11.8. The number of aromatic hydroxyl groups is 1. The zero-order valence-electron chi connectivity index (χ0n) is 36.5. The maximum absolute atomic E-state index is 14.4. The first-order chi connectivity index (χ1) is 31.1. The van der Waals surface area contributed by atoms with Gasteiger partial charge in [-0.15, -0.1) is 11.8 Å². The molecule has 2 fully saturated rings. The SMILES string of the molecule is CC(=O)Oc1cccc(C(=O)NCCCCN(CC(=O)N[C@@H](C(=O)N[C@@H]2C(=O)N3[C@@H]2SC(C)(C)[C@@H]3C(=O)O)c2ccc(O)cc2)C(=O)c2cccc(OC(C)=O)c2OC(C)=O)c1OC(C)=O. The Balaban J connectivity index is 1.37. The van der Waals surface area contributed by atoms with Crippen LogP contribution in [0.4, 0.5) is 0 Å². The number of ether oxygens (including phenoxy) is 4. The lowest BCUT2D eigenvalue weighted by Crippen LogP contribution is -2.71. The number of rotatable bonds is 18. The van der Waals surface area contributed by atoms with Crippen LogP contribution in [0.3, 0.4) is 0 Å². The number of para-hydroxylation sites is 2. The number of fused-ring (bicyclic) bond motifs is 1. The molecule has 2 heterocycles. The van der Waals surface area contributed by atoms with E-state index in [9.17, 15) is 58.2 Å². The van der Waals surface area contributed by atoms with Crippen LogP contribution in [0.15, 0.2) is 60.7 Å². The number of carbonyl (C=O) groups excluding carboxylic acids is 9. The summed E-state index contributed by atoms with van der Waals surface area (Å²) in [6, 6.07) is 9.43. The van der Waals surface area contributed by atoms with Crippen LogP contribution in [-0.4, -0.2) is 121 Å². The Morgan fingerprint density at radius 2 is 1.32 bits per heavy atom. The first kappa shape index (κ1) is 49.5. The van der Waals surface area contributed by atoms with E-state index in [1.54, 1.807) is 13.8 Å². The maximum atomic E-state index is 14.4. The van der Waals surface area contributed by atoms with Gasteiger partial charge in [-0.05, 0) is 68.7 Å². The van der Waals surface area contributed by atoms with Gasteiger partial charge in [0.15, 0.2) is 23.0 Å². The Bertz CT molecular complexity index is 2460. The fourth-order valence-electron chi connectivity index (χ4n) is 7.22. The molecule has 0 unspecified atom stereocenters. The molecule has 3 aromatic carbocycles. The van der Waals surface area contributed by atoms with Crippen molar-refractivity contribution in [1.29, 1.82) is 0 Å². The second-order valence-corrected chi connectivity index (χ2v) is 17.3. The molecule has 5 rings (SSSR count). The van der Waals surface area contributed by atoms with Crippen LogP contribution in [0.1, 0.15) is 86.7 Å². The van der Waals surface area contributed by atoms with Crippen molar-refractivity contribution in [2.24, 2.45) is 0 Å². The van der Waals surface area contributed by atoms with Crippen LogP contribution in [0.25, 0.3) is 0 Å². The van der Waals surface area contributed by atoms with Gasteiger partial charge in [-0.25, -0.2) is 4.79 Å². The van der Waals surface area contributed by atoms with E-state index in [1.165, 1.54) is 77.3 Å². The predicted octanol–water partition coefficient (Wildman–Crippen LogP) is 2.24. The number of aliphatic carboxylic acids is 1. The molecule has 2 aliphatic rings. The van der Waals surface area contributed by atoms with Crippen molar-refractivity contribution in [2.45, 2.75) is 82.6 Å². The molecule has 66 heavy (non-hydrogen) atoms. The molecule has 2 saturated heterocycles. The van der Waals surface area contributed by atoms with Crippen LogP contribution in [0, 0.1) is 0 Å². The molecule has 22 heteroatoms. The third-order valence-corrected chi connectivity index (χ3v) is 11.5. The number of hydrogen-bond acceptors (Lipinski definition) is 16. The number of carboxylic acids is 1. The smallest absolute Gasteiger partial charge is 0.327 e. The molecule has 0 saturated carbocycles. The number of thioether (sulfide) groups is 1. The predicted molar refractivity (Wildman–Crippen MR) is 230 cm³/mol. The van der Waals surface area contributed by atoms with Crippen molar-refractivity contribution in [1.82, 2.24) is 25.8 Å². The molecular formula is C44H47N5O16S. The van der Waals surface area contributed by atoms with Crippen molar-refractivity contribution in [3.8, 4) is 28.7 Å². The van der Waals surface area contributed by atoms with Gasteiger partial charge in [0.2, 0.25) is 17.7 Å². The summed E-state index contributed by atoms with van der Waals surface area (Å²) in [6.45, 7) is 6.77. The Hall–Kier alpha value is -7.49. The van der Waals surface area contributed by atoms with Crippen molar-refractivity contribution in [2.75, 3.05) is 19.6 Å². The summed E-state index contributed by atoms with van der Waals surface area (Å²) in [6.07, 6.45) is 0.294. The minimum Gasteiger partial charge on any atom is -0.508 e. The van der Waals surface area contributed by atoms with Crippen LogP contribution in [0.5, 0.6) is 28.7 Å². The maximum Gasteiger partial charge on any atom is 0.327 e. The van der Waals surface area contributed by atoms with Crippen LogP contribution in [0.2, 0.25) is 0 Å². The number of unbranched alkanes of at least 4 members (excludes halogenated alkanes) is 1. The number of phenolic OH excluding ortho intramolecular Hbond substituents is 1. The Morgan fingerprint density at radius 1 is 0.773 bits per heavy atom. The highest BCUT2D eigenvalue weighted by Gasteiger charge is 2.64. The van der Waals surface area contributed by atoms with Crippen molar-refractivity contribution < 1.29 is 77.1 Å². The molecular weight excluding hydrogens is 887 g/mol. The lowest BCUT2D eigenvalue weighted by molar-refractivity contribution is -0.161. The molecule has 5 N–H and O–H groups in total. The summed E-state index contributed by atoms with van der Waals surface area (Å²) in [5.74, 6) is -9.65. The third-order valence-electron chi connectivity index (χ3n) is 9.96. The fraction of sp³-hybridized carbons (Fsp3) is 0.364. The lowest BCUT2D eigenvalue weighted by Gasteiger charge is -2.44. The van der Waals surface area contributed by atoms with E-state index >= 15 is 0 Å². The van der Waals surface area contributed by atoms with E-state index in [1.807, 2.05) is 0 Å². The van der Waals surface area contributed by atoms with Crippen LogP contribution >= 0.6 is 11.8 Å². The average Bonchev–Trinajstić information content (AvgIpc) is 3.49. The number of hydrogen-bond donors (Lipinski definition) is 5. The van der Waals surface area contributed by atoms with Gasteiger partial charge in [0, 0.05) is 45.5 Å². The first-order valence-electron chi connectivity index (χ1n) is 20.3. The first-order valence-corrected chi connectivity index (χ1v) is 21.2. The average molecular weight is 934 g/mol. The Morgan fingerprint density at radius 3 is 1.86 bits per heavy atom. The molecule has 0 bridgehead atoms. The van der Waals surface area contributed by atoms with E-state index in [4.69, 9.17) is 18.9 Å². The summed E-state index contributed by atoms with van der Waals surface area (Å²) < 4.78 is 19.9. The van der Waals surface area contributed by atoms with Crippen LogP contribution < -0.4 is 34.9 Å². The van der Waals surface area contributed by atoms with Gasteiger partial charge in [-0.3, -0.25) is 43.2 Å². The number of nitrogens with one attached hydrogen (secondary N) is 3. The van der Waals surface area contributed by atoms with Gasteiger partial charge in [-0.2, -0.15) is 0 Å². The van der Waals surface area contributed by atoms with Gasteiger partial charge in [0.05, 0.1) is 17.7 Å². The molecule has 21 nitrogen and oxygen atoms in total. The number of β-lactam (4-membered cyclic amide) rings is 1. The van der Waals surface area contributed by atoms with Crippen LogP contribution in [-0.2, 0) is 38.4 Å². The number of amides is 5. The molecule has 0 aliphatic carbocycles. The highest BCUT2D eigenvalue weighted by molar-refractivity contribution is 8.01. The number of carboxylic acid groups (broad SMARTS) is 1. The van der Waals surface area contributed by atoms with Gasteiger partial charge in [-0.1, -0.05) is 24.3 Å². The molecule has 0 spiro atoms. The second-order valence-electron chi connectivity index (χ2n) is 15.5. The Kier molecular flexibility index (Phi) is 15.8. The molecule has 4 atom stereocenters. The van der Waals surface area contributed by atoms with Crippen molar-refractivity contribution in [3.05, 3.63) is 77.4 Å². The highest BCUT2D eigenvalue weighted by Crippen LogP contribution is 2.51. The molecule has 0 radical (unpaired) electrons. The highest BCUT2D eigenvalue weighted by atomic mass is 32.2. The minimum absolute atomic E-state index is 0.0188. The monoisotopic (exact) mass is 933 g/mol. The summed E-state index contributed by atoms with van der Waals surface area (Å²) in [7, 11) is 0. The van der Waals surface area contributed by atoms with Crippen molar-refractivity contribution >= 4 is 71.1 Å². The van der Waals surface area contributed by atoms with Gasteiger partial charge >= 0.3 is 29.8 Å². The normalized spacial score (nSPS) is 17.2. The Labute approximate surface area is 381 Å². The second kappa shape index (κ2) is 21.0. The summed E-state index contributed by atoms with van der Waals surface area (Å²) in [4.78, 5) is 131. The fourth-order valence-corrected chi connectivity index (χ4v) is 8.85. The zero-order chi connectivity index (χ0) is 48.6. The zero-order valence-corrected chi connectivity index (χ0v) is 37.3. The van der Waals surface area contributed by atoms with E-state index in [-0.39, 0.29) is 65.6 Å². The topological polar surface area (TPSA) is 291 Å².